The van der Waals surface area contributed by atoms with E-state index in [0.29, 0.717) is 22.0 Å². The zero-order valence-corrected chi connectivity index (χ0v) is 11.2. The molecule has 1 heterocycles. The van der Waals surface area contributed by atoms with Crippen LogP contribution in [-0.4, -0.2) is 23.4 Å². The van der Waals surface area contributed by atoms with Crippen LogP contribution in [0.4, 0.5) is 0 Å². The van der Waals surface area contributed by atoms with E-state index in [2.05, 4.69) is 4.90 Å². The van der Waals surface area contributed by atoms with Gasteiger partial charge in [0, 0.05) is 18.5 Å². The summed E-state index contributed by atoms with van der Waals surface area (Å²) in [7, 11) is 0. The topological polar surface area (TPSA) is 3.24 Å². The van der Waals surface area contributed by atoms with Crippen LogP contribution in [0.1, 0.15) is 18.4 Å². The SMILES string of the molecule is ClCC1CCCN1Cc1ccc(Cl)c(Cl)c1. The molecule has 16 heavy (non-hydrogen) atoms. The van der Waals surface area contributed by atoms with Gasteiger partial charge in [0.1, 0.15) is 0 Å². The molecule has 1 aliphatic rings. The van der Waals surface area contributed by atoms with Gasteiger partial charge >= 0.3 is 0 Å². The van der Waals surface area contributed by atoms with E-state index >= 15 is 0 Å². The van der Waals surface area contributed by atoms with Crippen LogP contribution < -0.4 is 0 Å². The zero-order valence-electron chi connectivity index (χ0n) is 8.93. The van der Waals surface area contributed by atoms with Gasteiger partial charge in [-0.3, -0.25) is 4.90 Å². The minimum Gasteiger partial charge on any atom is -0.295 e. The molecule has 0 aromatic heterocycles. The first kappa shape index (κ1) is 12.5. The quantitative estimate of drug-likeness (QED) is 0.749. The number of hydrogen-bond acceptors (Lipinski definition) is 1. The predicted molar refractivity (Wildman–Crippen MR) is 70.6 cm³/mol. The fourth-order valence-corrected chi connectivity index (χ4v) is 2.82. The second kappa shape index (κ2) is 5.59. The maximum Gasteiger partial charge on any atom is 0.0595 e. The van der Waals surface area contributed by atoms with Gasteiger partial charge in [-0.05, 0) is 37.1 Å². The third-order valence-electron chi connectivity index (χ3n) is 3.05. The largest absolute Gasteiger partial charge is 0.295 e. The van der Waals surface area contributed by atoms with Crippen LogP contribution in [0.15, 0.2) is 18.2 Å². The van der Waals surface area contributed by atoms with Crippen molar-refractivity contribution in [1.29, 1.82) is 0 Å². The van der Waals surface area contributed by atoms with E-state index in [0.717, 1.165) is 13.1 Å². The monoisotopic (exact) mass is 277 g/mol. The highest BCUT2D eigenvalue weighted by atomic mass is 35.5. The van der Waals surface area contributed by atoms with Gasteiger partial charge in [-0.15, -0.1) is 11.6 Å². The summed E-state index contributed by atoms with van der Waals surface area (Å²) < 4.78 is 0. The molecule has 1 saturated heterocycles. The molecule has 2 rings (SSSR count). The van der Waals surface area contributed by atoms with E-state index in [1.807, 2.05) is 18.2 Å². The predicted octanol–water partition coefficient (Wildman–Crippen LogP) is 4.20. The van der Waals surface area contributed by atoms with Gasteiger partial charge in [-0.2, -0.15) is 0 Å². The summed E-state index contributed by atoms with van der Waals surface area (Å²) in [5.74, 6) is 0.710. The number of likely N-dealkylation sites (tertiary alicyclic amines) is 1. The normalized spacial score (nSPS) is 21.6. The van der Waals surface area contributed by atoms with Gasteiger partial charge in [-0.1, -0.05) is 29.3 Å². The lowest BCUT2D eigenvalue weighted by Gasteiger charge is -2.22. The van der Waals surface area contributed by atoms with Gasteiger partial charge in [0.15, 0.2) is 0 Å². The number of halogens is 3. The fraction of sp³-hybridized carbons (Fsp3) is 0.500. The van der Waals surface area contributed by atoms with Crippen LogP contribution in [0.2, 0.25) is 10.0 Å². The van der Waals surface area contributed by atoms with Gasteiger partial charge in [-0.25, -0.2) is 0 Å². The summed E-state index contributed by atoms with van der Waals surface area (Å²) in [6.45, 7) is 2.03. The standard InChI is InChI=1S/C12H14Cl3N/c13-7-10-2-1-5-16(10)8-9-3-4-11(14)12(15)6-9/h3-4,6,10H,1-2,5,7-8H2. The molecule has 0 bridgehead atoms. The molecule has 1 aromatic carbocycles. The van der Waals surface area contributed by atoms with Crippen molar-refractivity contribution in [2.75, 3.05) is 12.4 Å². The lowest BCUT2D eigenvalue weighted by molar-refractivity contribution is 0.263. The first-order chi connectivity index (χ1) is 7.70. The fourth-order valence-electron chi connectivity index (χ4n) is 2.15. The molecule has 0 radical (unpaired) electrons. The van der Waals surface area contributed by atoms with E-state index < -0.39 is 0 Å². The average molecular weight is 279 g/mol. The van der Waals surface area contributed by atoms with Crippen molar-refractivity contribution in [3.63, 3.8) is 0 Å². The number of alkyl halides is 1. The molecule has 1 unspecified atom stereocenters. The Labute approximate surface area is 111 Å². The highest BCUT2D eigenvalue weighted by molar-refractivity contribution is 6.42. The minimum absolute atomic E-state index is 0.510. The summed E-state index contributed by atoms with van der Waals surface area (Å²) in [4.78, 5) is 2.41. The Morgan fingerprint density at radius 2 is 2.06 bits per heavy atom. The molecule has 0 saturated carbocycles. The number of benzene rings is 1. The van der Waals surface area contributed by atoms with E-state index in [9.17, 15) is 0 Å². The number of hydrogen-bond donors (Lipinski definition) is 0. The molecule has 0 aliphatic carbocycles. The Morgan fingerprint density at radius 3 is 2.75 bits per heavy atom. The Bertz CT molecular complexity index is 367. The van der Waals surface area contributed by atoms with Crippen molar-refractivity contribution in [3.05, 3.63) is 33.8 Å². The molecule has 1 fully saturated rings. The van der Waals surface area contributed by atoms with E-state index in [-0.39, 0.29) is 0 Å². The first-order valence-corrected chi connectivity index (χ1v) is 6.73. The van der Waals surface area contributed by atoms with Crippen molar-refractivity contribution in [2.24, 2.45) is 0 Å². The summed E-state index contributed by atoms with van der Waals surface area (Å²) in [5, 5.41) is 1.24. The van der Waals surface area contributed by atoms with Crippen molar-refractivity contribution in [3.8, 4) is 0 Å². The number of rotatable bonds is 3. The van der Waals surface area contributed by atoms with Crippen molar-refractivity contribution < 1.29 is 0 Å². The summed E-state index contributed by atoms with van der Waals surface area (Å²) in [6.07, 6.45) is 2.43. The van der Waals surface area contributed by atoms with Crippen LogP contribution in [0.5, 0.6) is 0 Å². The zero-order chi connectivity index (χ0) is 11.5. The second-order valence-electron chi connectivity index (χ2n) is 4.17. The Morgan fingerprint density at radius 1 is 1.25 bits per heavy atom. The summed E-state index contributed by atoms with van der Waals surface area (Å²) >= 11 is 17.8. The van der Waals surface area contributed by atoms with E-state index in [4.69, 9.17) is 34.8 Å². The van der Waals surface area contributed by atoms with Gasteiger partial charge < -0.3 is 0 Å². The molecule has 4 heteroatoms. The highest BCUT2D eigenvalue weighted by Gasteiger charge is 2.23. The Balaban J connectivity index is 2.05. The second-order valence-corrected chi connectivity index (χ2v) is 5.29. The highest BCUT2D eigenvalue weighted by Crippen LogP contribution is 2.25. The Hall–Kier alpha value is 0.0500. The maximum atomic E-state index is 5.99. The summed E-state index contributed by atoms with van der Waals surface area (Å²) in [5.41, 5.74) is 1.20. The molecule has 0 N–H and O–H groups in total. The summed E-state index contributed by atoms with van der Waals surface area (Å²) in [6, 6.07) is 6.33. The van der Waals surface area contributed by atoms with Crippen molar-refractivity contribution >= 4 is 34.8 Å². The van der Waals surface area contributed by atoms with Crippen LogP contribution in [0.3, 0.4) is 0 Å². The average Bonchev–Trinajstić information content (AvgIpc) is 2.71. The molecule has 1 aromatic rings. The lowest BCUT2D eigenvalue weighted by Crippen LogP contribution is -2.30. The van der Waals surface area contributed by atoms with Crippen LogP contribution >= 0.6 is 34.8 Å². The van der Waals surface area contributed by atoms with E-state index in [1.165, 1.54) is 18.4 Å². The lowest BCUT2D eigenvalue weighted by atomic mass is 10.2. The van der Waals surface area contributed by atoms with Gasteiger partial charge in [0.25, 0.3) is 0 Å². The third-order valence-corrected chi connectivity index (χ3v) is 4.14. The van der Waals surface area contributed by atoms with E-state index in [1.54, 1.807) is 0 Å². The maximum absolute atomic E-state index is 5.99. The van der Waals surface area contributed by atoms with Gasteiger partial charge in [0.2, 0.25) is 0 Å². The molecule has 1 aliphatic heterocycles. The van der Waals surface area contributed by atoms with Gasteiger partial charge in [0.05, 0.1) is 10.0 Å². The molecule has 0 amide bonds. The molecule has 0 spiro atoms. The van der Waals surface area contributed by atoms with Crippen molar-refractivity contribution in [1.82, 2.24) is 4.90 Å². The van der Waals surface area contributed by atoms with Crippen LogP contribution in [-0.2, 0) is 6.54 Å². The minimum atomic E-state index is 0.510. The van der Waals surface area contributed by atoms with Crippen LogP contribution in [0.25, 0.3) is 0 Å². The Kier molecular flexibility index (Phi) is 4.37. The smallest absolute Gasteiger partial charge is 0.0595 e. The molecule has 88 valence electrons. The van der Waals surface area contributed by atoms with Crippen molar-refractivity contribution in [2.45, 2.75) is 25.4 Å². The molecular formula is C12H14Cl3N. The third kappa shape index (κ3) is 2.84. The molecular weight excluding hydrogens is 264 g/mol. The molecule has 1 atom stereocenters. The number of nitrogens with zero attached hydrogens (tertiary/aromatic N) is 1. The molecule has 1 nitrogen and oxygen atoms in total. The first-order valence-electron chi connectivity index (χ1n) is 5.44. The van der Waals surface area contributed by atoms with Crippen LogP contribution in [0, 0.1) is 0 Å².